The van der Waals surface area contributed by atoms with Crippen LogP contribution in [-0.2, 0) is 36.5 Å². The van der Waals surface area contributed by atoms with Gasteiger partial charge in [-0.15, -0.1) is 0 Å². The Kier molecular flexibility index (Phi) is 21.4. The van der Waals surface area contributed by atoms with Crippen LogP contribution >= 0.6 is 0 Å². The Bertz CT molecular complexity index is 1490. The van der Waals surface area contributed by atoms with Crippen molar-refractivity contribution in [2.24, 2.45) is 11.8 Å². The van der Waals surface area contributed by atoms with Gasteiger partial charge in [-0.1, -0.05) is 212 Å². The summed E-state index contributed by atoms with van der Waals surface area (Å²) in [6.45, 7) is 42.4. The normalized spacial score (nSPS) is 17.9. The monoisotopic (exact) mass is 901 g/mol. The third-order valence-electron chi connectivity index (χ3n) is 16.2. The van der Waals surface area contributed by atoms with Gasteiger partial charge in [-0.25, -0.2) is 0 Å². The molecule has 2 heterocycles. The van der Waals surface area contributed by atoms with E-state index < -0.39 is 0 Å². The fraction of sp³-hybridized carbons (Fsp3) is 0.803. The highest BCUT2D eigenvalue weighted by Crippen LogP contribution is 2.51. The van der Waals surface area contributed by atoms with Crippen LogP contribution in [0.2, 0.25) is 0 Å². The van der Waals surface area contributed by atoms with Gasteiger partial charge in [0.05, 0.1) is 38.6 Å². The molecule has 4 rings (SSSR count). The van der Waals surface area contributed by atoms with Gasteiger partial charge in [0.15, 0.2) is 0 Å². The first-order chi connectivity index (χ1) is 30.7. The number of unbranched alkanes of at least 4 members (excludes halogenated alkanes) is 8. The van der Waals surface area contributed by atoms with Gasteiger partial charge >= 0.3 is 0 Å². The van der Waals surface area contributed by atoms with E-state index in [1.807, 2.05) is 0 Å². The molecule has 2 aliphatic rings. The Morgan fingerprint density at radius 2 is 0.708 bits per heavy atom. The van der Waals surface area contributed by atoms with E-state index in [0.717, 1.165) is 77.8 Å². The highest BCUT2D eigenvalue weighted by molar-refractivity contribution is 5.58. The zero-order valence-corrected chi connectivity index (χ0v) is 45.7. The van der Waals surface area contributed by atoms with E-state index in [2.05, 4.69) is 135 Å². The van der Waals surface area contributed by atoms with Crippen molar-refractivity contribution in [3.63, 3.8) is 0 Å². The average molecular weight is 901 g/mol. The summed E-state index contributed by atoms with van der Waals surface area (Å²) in [5.41, 5.74) is 8.00. The molecule has 4 heteroatoms. The molecule has 2 aromatic carbocycles. The lowest BCUT2D eigenvalue weighted by molar-refractivity contribution is 0.262. The molecule has 0 bridgehead atoms. The maximum Gasteiger partial charge on any atom is 0.126 e. The molecule has 2 fully saturated rings. The highest BCUT2D eigenvalue weighted by atomic mass is 16.6. The predicted molar refractivity (Wildman–Crippen MR) is 281 cm³/mol. The fourth-order valence-corrected chi connectivity index (χ4v) is 10.6. The van der Waals surface area contributed by atoms with Crippen molar-refractivity contribution in [2.75, 3.05) is 26.4 Å². The van der Waals surface area contributed by atoms with Crippen LogP contribution in [0, 0.1) is 11.8 Å². The molecule has 2 aliphatic heterocycles. The molecule has 2 saturated heterocycles. The number of ether oxygens (including phenoxy) is 4. The Morgan fingerprint density at radius 3 is 0.938 bits per heavy atom. The van der Waals surface area contributed by atoms with Crippen molar-refractivity contribution < 1.29 is 18.9 Å². The zero-order chi connectivity index (χ0) is 48.1. The van der Waals surface area contributed by atoms with Crippen LogP contribution in [0.5, 0.6) is 11.5 Å². The van der Waals surface area contributed by atoms with Crippen LogP contribution in [0.3, 0.4) is 0 Å². The number of benzene rings is 2. The summed E-state index contributed by atoms with van der Waals surface area (Å²) in [4.78, 5) is 0. The van der Waals surface area contributed by atoms with Crippen LogP contribution in [0.1, 0.15) is 273 Å². The molecule has 2 aromatic rings. The molecule has 0 aromatic heterocycles. The lowest BCUT2D eigenvalue weighted by atomic mass is 9.67. The van der Waals surface area contributed by atoms with Gasteiger partial charge in [0.2, 0.25) is 0 Å². The molecule has 0 saturated carbocycles. The lowest BCUT2D eigenvalue weighted by Crippen LogP contribution is -2.29. The molecule has 0 amide bonds. The molecule has 0 N–H and O–H groups in total. The predicted octanol–water partition coefficient (Wildman–Crippen LogP) is 17.8. The molecular weight excluding hydrogens is 797 g/mol. The summed E-state index contributed by atoms with van der Waals surface area (Å²) in [6.07, 6.45) is 24.8. The first kappa shape index (κ1) is 55.6. The summed E-state index contributed by atoms with van der Waals surface area (Å²) < 4.78 is 25.8. The second-order valence-electron chi connectivity index (χ2n) is 24.5. The van der Waals surface area contributed by atoms with Crippen LogP contribution in [-0.4, -0.2) is 38.6 Å². The number of rotatable bonds is 34. The third-order valence-corrected chi connectivity index (χ3v) is 16.2. The molecule has 0 radical (unpaired) electrons. The molecule has 372 valence electrons. The van der Waals surface area contributed by atoms with Gasteiger partial charge < -0.3 is 18.9 Å². The quantitative estimate of drug-likeness (QED) is 0.0518. The molecule has 4 unspecified atom stereocenters. The number of hydrogen-bond donors (Lipinski definition) is 0. The van der Waals surface area contributed by atoms with Crippen molar-refractivity contribution in [3.05, 3.63) is 57.6 Å². The summed E-state index contributed by atoms with van der Waals surface area (Å²) in [5.74, 6) is 3.51. The smallest absolute Gasteiger partial charge is 0.126 e. The maximum atomic E-state index is 7.23. The van der Waals surface area contributed by atoms with E-state index in [0.29, 0.717) is 24.0 Å². The third kappa shape index (κ3) is 16.0. The second-order valence-corrected chi connectivity index (χ2v) is 24.5. The lowest BCUT2D eigenvalue weighted by Gasteiger charge is -2.39. The molecule has 0 aliphatic carbocycles. The maximum absolute atomic E-state index is 7.23. The van der Waals surface area contributed by atoms with Crippen molar-refractivity contribution in [2.45, 2.75) is 278 Å². The van der Waals surface area contributed by atoms with E-state index in [1.165, 1.54) is 122 Å². The zero-order valence-electron chi connectivity index (χ0n) is 45.7. The topological polar surface area (TPSA) is 43.5 Å². The van der Waals surface area contributed by atoms with Crippen molar-refractivity contribution in [1.82, 2.24) is 0 Å². The van der Waals surface area contributed by atoms with Crippen LogP contribution in [0.15, 0.2) is 24.3 Å². The standard InChI is InChI=1S/C61H104O4/c1-17-21-25-33-57(7,8)49-39-47(40-50(58(9,10)34-26-22-18-2)55(49)62-37-29-31-45(5)53-43-64-53)61(15,16)48-41-51(59(11,12)35-27-23-19-3)56(63-38-30-32-46(6)54-44-65-54)52(42-48)60(13,14)36-28-24-20-4/h39-42,45-46,53-54H,17-38,43-44H2,1-16H3. The SMILES string of the molecule is CCCCCC(C)(C)c1cc(C(C)(C)c2cc(C(C)(C)CCCCC)c(OCCCC(C)C3CO3)c(C(C)(C)CCCCC)c2)cc(C(C)(C)CCCCC)c1OCCCC(C)C1CO1. The average Bonchev–Trinajstić information content (AvgIpc) is 4.18. The largest absolute Gasteiger partial charge is 0.493 e. The van der Waals surface area contributed by atoms with E-state index in [1.54, 1.807) is 0 Å². The van der Waals surface area contributed by atoms with E-state index in [-0.39, 0.29) is 27.1 Å². The Labute approximate surface area is 403 Å². The first-order valence-corrected chi connectivity index (χ1v) is 27.5. The first-order valence-electron chi connectivity index (χ1n) is 27.5. The Morgan fingerprint density at radius 1 is 0.446 bits per heavy atom. The minimum atomic E-state index is -0.276. The molecule has 4 nitrogen and oxygen atoms in total. The summed E-state index contributed by atoms with van der Waals surface area (Å²) in [6, 6.07) is 10.4. The van der Waals surface area contributed by atoms with E-state index >= 15 is 0 Å². The van der Waals surface area contributed by atoms with Gasteiger partial charge in [-0.05, 0) is 96.0 Å². The van der Waals surface area contributed by atoms with Crippen molar-refractivity contribution in [3.8, 4) is 11.5 Å². The fourth-order valence-electron chi connectivity index (χ4n) is 10.6. The van der Waals surface area contributed by atoms with Crippen molar-refractivity contribution in [1.29, 1.82) is 0 Å². The molecule has 4 atom stereocenters. The summed E-state index contributed by atoms with van der Waals surface area (Å²) in [5, 5.41) is 0. The summed E-state index contributed by atoms with van der Waals surface area (Å²) >= 11 is 0. The van der Waals surface area contributed by atoms with Crippen LogP contribution < -0.4 is 9.47 Å². The van der Waals surface area contributed by atoms with Gasteiger partial charge in [-0.2, -0.15) is 0 Å². The minimum Gasteiger partial charge on any atom is -0.493 e. The second kappa shape index (κ2) is 25.0. The van der Waals surface area contributed by atoms with Crippen LogP contribution in [0.4, 0.5) is 0 Å². The molecule has 0 spiro atoms. The molecular formula is C61H104O4. The number of epoxide rings is 2. The molecule has 65 heavy (non-hydrogen) atoms. The van der Waals surface area contributed by atoms with Gasteiger partial charge in [0.1, 0.15) is 11.5 Å². The van der Waals surface area contributed by atoms with E-state index in [4.69, 9.17) is 18.9 Å². The summed E-state index contributed by atoms with van der Waals surface area (Å²) in [7, 11) is 0. The highest BCUT2D eigenvalue weighted by Gasteiger charge is 2.39. The minimum absolute atomic E-state index is 0.0420. The van der Waals surface area contributed by atoms with Gasteiger partial charge in [-0.3, -0.25) is 0 Å². The van der Waals surface area contributed by atoms with Crippen LogP contribution in [0.25, 0.3) is 0 Å². The van der Waals surface area contributed by atoms with E-state index in [9.17, 15) is 0 Å². The van der Waals surface area contributed by atoms with Gasteiger partial charge in [0.25, 0.3) is 0 Å². The van der Waals surface area contributed by atoms with Crippen molar-refractivity contribution >= 4 is 0 Å². The Hall–Kier alpha value is -2.04. The Balaban J connectivity index is 1.97. The number of hydrogen-bond acceptors (Lipinski definition) is 4. The van der Waals surface area contributed by atoms with Gasteiger partial charge in [0, 0.05) is 27.7 Å².